The molecular weight excluding hydrogens is 444 g/mol. The molecule has 0 atom stereocenters. The average molecular weight is 470 g/mol. The van der Waals surface area contributed by atoms with Gasteiger partial charge in [0.05, 0.1) is 39.8 Å². The second kappa shape index (κ2) is 11.0. The molecule has 0 bridgehead atoms. The van der Waals surface area contributed by atoms with Gasteiger partial charge in [-0.1, -0.05) is 5.21 Å². The van der Waals surface area contributed by atoms with Gasteiger partial charge in [0.1, 0.15) is 11.4 Å². The fourth-order valence-corrected chi connectivity index (χ4v) is 3.42. The molecular formula is C23H26N4O7. The molecule has 0 fully saturated rings. The Morgan fingerprint density at radius 1 is 0.912 bits per heavy atom. The molecule has 1 heterocycles. The molecule has 180 valence electrons. The highest BCUT2D eigenvalue weighted by Gasteiger charge is 2.20. The summed E-state index contributed by atoms with van der Waals surface area (Å²) in [7, 11) is 6.07. The van der Waals surface area contributed by atoms with Crippen LogP contribution in [-0.2, 0) is 9.59 Å². The number of methoxy groups -OCH3 is 4. The Morgan fingerprint density at radius 3 is 2.18 bits per heavy atom. The third kappa shape index (κ3) is 5.37. The Hall–Kier alpha value is -4.28. The van der Waals surface area contributed by atoms with E-state index in [2.05, 4.69) is 20.7 Å². The van der Waals surface area contributed by atoms with Gasteiger partial charge in [0.25, 0.3) is 0 Å². The van der Waals surface area contributed by atoms with Crippen molar-refractivity contribution in [1.29, 1.82) is 0 Å². The summed E-state index contributed by atoms with van der Waals surface area (Å²) in [5, 5.41) is 22.6. The number of carbonyl (C=O) groups excluding carboxylic acids is 1. The number of aromatic amines is 1. The van der Waals surface area contributed by atoms with E-state index in [0.717, 1.165) is 0 Å². The molecule has 11 heteroatoms. The van der Waals surface area contributed by atoms with Crippen LogP contribution in [0.2, 0.25) is 0 Å². The van der Waals surface area contributed by atoms with E-state index < -0.39 is 5.97 Å². The van der Waals surface area contributed by atoms with Crippen molar-refractivity contribution >= 4 is 17.6 Å². The molecule has 3 aromatic rings. The highest BCUT2D eigenvalue weighted by Crippen LogP contribution is 2.42. The molecule has 2 aromatic carbocycles. The number of aromatic nitrogens is 3. The summed E-state index contributed by atoms with van der Waals surface area (Å²) in [5.41, 5.74) is 2.93. The van der Waals surface area contributed by atoms with Crippen molar-refractivity contribution < 1.29 is 33.6 Å². The van der Waals surface area contributed by atoms with Gasteiger partial charge < -0.3 is 29.4 Å². The minimum atomic E-state index is -0.946. The molecule has 0 saturated carbocycles. The van der Waals surface area contributed by atoms with Crippen LogP contribution in [0.25, 0.3) is 22.5 Å². The van der Waals surface area contributed by atoms with Gasteiger partial charge in [-0.15, -0.1) is 5.10 Å². The maximum atomic E-state index is 12.3. The quantitative estimate of drug-likeness (QED) is 0.384. The highest BCUT2D eigenvalue weighted by molar-refractivity contribution is 5.94. The number of carboxylic acid groups (broad SMARTS) is 1. The zero-order valence-electron chi connectivity index (χ0n) is 19.3. The summed E-state index contributed by atoms with van der Waals surface area (Å²) < 4.78 is 21.6. The van der Waals surface area contributed by atoms with Crippen LogP contribution in [0.1, 0.15) is 19.3 Å². The minimum Gasteiger partial charge on any atom is -0.495 e. The van der Waals surface area contributed by atoms with Crippen molar-refractivity contribution in [3.8, 4) is 45.5 Å². The number of benzene rings is 2. The normalized spacial score (nSPS) is 10.5. The molecule has 0 aliphatic rings. The van der Waals surface area contributed by atoms with E-state index in [1.807, 2.05) is 0 Å². The third-order valence-electron chi connectivity index (χ3n) is 5.04. The van der Waals surface area contributed by atoms with Crippen LogP contribution in [0.3, 0.4) is 0 Å². The maximum absolute atomic E-state index is 12.3. The van der Waals surface area contributed by atoms with Gasteiger partial charge in [0.2, 0.25) is 11.7 Å². The van der Waals surface area contributed by atoms with E-state index >= 15 is 0 Å². The molecule has 0 aliphatic carbocycles. The monoisotopic (exact) mass is 470 g/mol. The Bertz CT molecular complexity index is 1150. The second-order valence-corrected chi connectivity index (χ2v) is 7.16. The largest absolute Gasteiger partial charge is 0.495 e. The van der Waals surface area contributed by atoms with Gasteiger partial charge in [-0.3, -0.25) is 14.7 Å². The van der Waals surface area contributed by atoms with Crippen molar-refractivity contribution in [3.63, 3.8) is 0 Å². The van der Waals surface area contributed by atoms with Crippen LogP contribution >= 0.6 is 0 Å². The van der Waals surface area contributed by atoms with Gasteiger partial charge in [-0.05, 0) is 36.8 Å². The zero-order chi connectivity index (χ0) is 24.7. The maximum Gasteiger partial charge on any atom is 0.303 e. The second-order valence-electron chi connectivity index (χ2n) is 7.16. The van der Waals surface area contributed by atoms with E-state index in [0.29, 0.717) is 51.2 Å². The van der Waals surface area contributed by atoms with Crippen LogP contribution < -0.4 is 24.3 Å². The van der Waals surface area contributed by atoms with Gasteiger partial charge in [-0.25, -0.2) is 0 Å². The summed E-state index contributed by atoms with van der Waals surface area (Å²) in [6.45, 7) is 0. The van der Waals surface area contributed by atoms with E-state index in [-0.39, 0.29) is 25.2 Å². The number of carbonyl (C=O) groups is 2. The number of hydrogen-bond donors (Lipinski definition) is 3. The molecule has 0 aliphatic heterocycles. The number of ether oxygens (including phenoxy) is 4. The molecule has 0 unspecified atom stereocenters. The standard InChI is InChI=1S/C23H26N4O7/c1-31-16-9-8-13(10-15(16)24-19(28)6-5-7-20(29)30)21-22(26-27-25-21)14-11-17(32-2)23(34-4)18(12-14)33-3/h8-12H,5-7H2,1-4H3,(H,24,28)(H,29,30)(H,25,26,27). The van der Waals surface area contributed by atoms with Crippen LogP contribution in [0.4, 0.5) is 5.69 Å². The molecule has 11 nitrogen and oxygen atoms in total. The minimum absolute atomic E-state index is 0.0714. The van der Waals surface area contributed by atoms with Crippen molar-refractivity contribution in [2.45, 2.75) is 19.3 Å². The highest BCUT2D eigenvalue weighted by atomic mass is 16.5. The molecule has 0 radical (unpaired) electrons. The van der Waals surface area contributed by atoms with Crippen LogP contribution in [0.5, 0.6) is 23.0 Å². The summed E-state index contributed by atoms with van der Waals surface area (Å²) in [6.07, 6.45) is 0.226. The first-order chi connectivity index (χ1) is 16.4. The van der Waals surface area contributed by atoms with Gasteiger partial charge in [0, 0.05) is 24.0 Å². The molecule has 3 N–H and O–H groups in total. The van der Waals surface area contributed by atoms with Crippen molar-refractivity contribution in [3.05, 3.63) is 30.3 Å². The molecule has 34 heavy (non-hydrogen) atoms. The molecule has 1 aromatic heterocycles. The number of nitrogens with one attached hydrogen (secondary N) is 2. The predicted molar refractivity (Wildman–Crippen MR) is 124 cm³/mol. The summed E-state index contributed by atoms with van der Waals surface area (Å²) in [4.78, 5) is 23.0. The first-order valence-corrected chi connectivity index (χ1v) is 10.3. The number of H-pyrrole nitrogens is 1. The van der Waals surface area contributed by atoms with Gasteiger partial charge >= 0.3 is 5.97 Å². The molecule has 3 rings (SSSR count). The average Bonchev–Trinajstić information content (AvgIpc) is 3.32. The fourth-order valence-electron chi connectivity index (χ4n) is 3.42. The number of anilines is 1. The Kier molecular flexibility index (Phi) is 7.91. The number of rotatable bonds is 11. The van der Waals surface area contributed by atoms with Crippen LogP contribution in [0, 0.1) is 0 Å². The molecule has 1 amide bonds. The van der Waals surface area contributed by atoms with Gasteiger partial charge in [-0.2, -0.15) is 0 Å². The third-order valence-corrected chi connectivity index (χ3v) is 5.04. The lowest BCUT2D eigenvalue weighted by Gasteiger charge is -2.14. The van der Waals surface area contributed by atoms with Crippen molar-refractivity contribution in [2.75, 3.05) is 33.8 Å². The Balaban J connectivity index is 1.96. The number of hydrogen-bond acceptors (Lipinski definition) is 8. The smallest absolute Gasteiger partial charge is 0.303 e. The lowest BCUT2D eigenvalue weighted by molar-refractivity contribution is -0.137. The van der Waals surface area contributed by atoms with Crippen LogP contribution in [-0.4, -0.2) is 60.8 Å². The van der Waals surface area contributed by atoms with Crippen LogP contribution in [0.15, 0.2) is 30.3 Å². The molecule has 0 saturated heterocycles. The molecule has 0 spiro atoms. The number of aliphatic carboxylic acids is 1. The first-order valence-electron chi connectivity index (χ1n) is 10.3. The first kappa shape index (κ1) is 24.4. The number of nitrogens with zero attached hydrogens (tertiary/aromatic N) is 2. The number of amides is 1. The van der Waals surface area contributed by atoms with E-state index in [9.17, 15) is 9.59 Å². The Labute approximate surface area is 196 Å². The van der Waals surface area contributed by atoms with E-state index in [1.165, 1.54) is 28.4 Å². The summed E-state index contributed by atoms with van der Waals surface area (Å²) >= 11 is 0. The van der Waals surface area contributed by atoms with Crippen molar-refractivity contribution in [2.24, 2.45) is 0 Å². The van der Waals surface area contributed by atoms with Gasteiger partial charge in [0.15, 0.2) is 11.5 Å². The SMILES string of the molecule is COc1ccc(-c2[nH]nnc2-c2cc(OC)c(OC)c(OC)c2)cc1NC(=O)CCCC(=O)O. The zero-order valence-corrected chi connectivity index (χ0v) is 19.3. The number of carboxylic acids is 1. The Morgan fingerprint density at radius 2 is 1.59 bits per heavy atom. The topological polar surface area (TPSA) is 145 Å². The summed E-state index contributed by atoms with van der Waals surface area (Å²) in [5.74, 6) is 0.584. The summed E-state index contributed by atoms with van der Waals surface area (Å²) in [6, 6.07) is 8.76. The lowest BCUT2D eigenvalue weighted by atomic mass is 10.0. The fraction of sp³-hybridized carbons (Fsp3) is 0.304. The van der Waals surface area contributed by atoms with Crippen molar-refractivity contribution in [1.82, 2.24) is 15.4 Å². The predicted octanol–water partition coefficient (Wildman–Crippen LogP) is 3.37. The lowest BCUT2D eigenvalue weighted by Crippen LogP contribution is -2.12. The van der Waals surface area contributed by atoms with E-state index in [1.54, 1.807) is 30.3 Å². The van der Waals surface area contributed by atoms with E-state index in [4.69, 9.17) is 24.1 Å².